The molecular formula is C22H22BrFN4O3. The molecule has 0 aliphatic heterocycles. The number of H-pyrrole nitrogens is 1. The van der Waals surface area contributed by atoms with Gasteiger partial charge in [-0.3, -0.25) is 19.1 Å². The van der Waals surface area contributed by atoms with E-state index in [0.717, 1.165) is 12.8 Å². The first kappa shape index (κ1) is 21.4. The number of benzene rings is 1. The van der Waals surface area contributed by atoms with E-state index in [1.165, 1.54) is 15.5 Å². The molecule has 0 saturated heterocycles. The third kappa shape index (κ3) is 4.06. The number of fused-ring (bicyclic) bond motifs is 1. The lowest BCUT2D eigenvalue weighted by Gasteiger charge is -2.23. The van der Waals surface area contributed by atoms with Crippen molar-refractivity contribution in [3.05, 3.63) is 72.2 Å². The van der Waals surface area contributed by atoms with E-state index in [0.29, 0.717) is 28.8 Å². The quantitative estimate of drug-likeness (QED) is 0.574. The first-order chi connectivity index (χ1) is 14.8. The van der Waals surface area contributed by atoms with Gasteiger partial charge in [0.05, 0.1) is 10.9 Å². The van der Waals surface area contributed by atoms with Crippen LogP contribution < -0.4 is 11.2 Å². The van der Waals surface area contributed by atoms with Crippen molar-refractivity contribution in [1.29, 1.82) is 0 Å². The zero-order chi connectivity index (χ0) is 22.3. The molecule has 0 bridgehead atoms. The van der Waals surface area contributed by atoms with Gasteiger partial charge in [-0.1, -0.05) is 15.9 Å². The number of nitrogens with zero attached hydrogens (tertiary/aromatic N) is 3. The van der Waals surface area contributed by atoms with E-state index < -0.39 is 23.0 Å². The molecule has 162 valence electrons. The summed E-state index contributed by atoms with van der Waals surface area (Å²) >= 11 is 3.33. The number of carbonyl (C=O) groups is 1. The largest absolute Gasteiger partial charge is 0.334 e. The van der Waals surface area contributed by atoms with Gasteiger partial charge in [-0.25, -0.2) is 14.2 Å². The average molecular weight is 489 g/mol. The number of amides is 1. The Hall–Kier alpha value is -2.81. The van der Waals surface area contributed by atoms with Crippen molar-refractivity contribution in [3.63, 3.8) is 0 Å². The molecule has 7 nitrogen and oxygen atoms in total. The van der Waals surface area contributed by atoms with Crippen LogP contribution in [0.15, 0.2) is 38.3 Å². The van der Waals surface area contributed by atoms with Gasteiger partial charge in [-0.05, 0) is 51.0 Å². The van der Waals surface area contributed by atoms with Crippen molar-refractivity contribution >= 4 is 32.9 Å². The molecule has 1 amide bonds. The third-order valence-electron chi connectivity index (χ3n) is 5.55. The Bertz CT molecular complexity index is 1300. The molecule has 1 fully saturated rings. The van der Waals surface area contributed by atoms with Crippen LogP contribution in [0.5, 0.6) is 0 Å². The van der Waals surface area contributed by atoms with Crippen LogP contribution in [-0.2, 0) is 13.1 Å². The molecule has 1 N–H and O–H groups in total. The van der Waals surface area contributed by atoms with E-state index in [2.05, 4.69) is 25.9 Å². The van der Waals surface area contributed by atoms with Crippen molar-refractivity contribution in [2.75, 3.05) is 6.54 Å². The zero-order valence-corrected chi connectivity index (χ0v) is 18.8. The molecule has 1 aromatic carbocycles. The van der Waals surface area contributed by atoms with Crippen molar-refractivity contribution in [1.82, 2.24) is 19.4 Å². The minimum absolute atomic E-state index is 0.0501. The molecule has 4 rings (SSSR count). The number of hydrogen-bond donors (Lipinski definition) is 1. The Kier molecular flexibility index (Phi) is 5.79. The molecular weight excluding hydrogens is 467 g/mol. The second kappa shape index (κ2) is 8.37. The van der Waals surface area contributed by atoms with Crippen LogP contribution in [0.2, 0.25) is 0 Å². The molecule has 2 aromatic heterocycles. The second-order valence-electron chi connectivity index (χ2n) is 7.63. The lowest BCUT2D eigenvalue weighted by Crippen LogP contribution is -2.35. The Labute approximate surface area is 186 Å². The maximum Gasteiger partial charge on any atom is 0.329 e. The maximum atomic E-state index is 14.3. The lowest BCUT2D eigenvalue weighted by molar-refractivity contribution is 0.0752. The fraction of sp³-hybridized carbons (Fsp3) is 0.364. The first-order valence-electron chi connectivity index (χ1n) is 10.2. The summed E-state index contributed by atoms with van der Waals surface area (Å²) in [7, 11) is 0. The van der Waals surface area contributed by atoms with Gasteiger partial charge >= 0.3 is 5.69 Å². The summed E-state index contributed by atoms with van der Waals surface area (Å²) in [6, 6.07) is 6.23. The number of aromatic amines is 1. The van der Waals surface area contributed by atoms with E-state index in [4.69, 9.17) is 0 Å². The van der Waals surface area contributed by atoms with Gasteiger partial charge in [0.2, 0.25) is 0 Å². The summed E-state index contributed by atoms with van der Waals surface area (Å²) in [5.41, 5.74) is 0.272. The highest BCUT2D eigenvalue weighted by atomic mass is 79.9. The number of rotatable bonds is 6. The van der Waals surface area contributed by atoms with Crippen LogP contribution in [-0.4, -0.2) is 31.9 Å². The summed E-state index contributed by atoms with van der Waals surface area (Å²) < 4.78 is 16.4. The highest BCUT2D eigenvalue weighted by Crippen LogP contribution is 2.40. The molecule has 1 aliphatic rings. The van der Waals surface area contributed by atoms with Gasteiger partial charge in [0.1, 0.15) is 5.82 Å². The Balaban J connectivity index is 1.87. The van der Waals surface area contributed by atoms with Gasteiger partial charge in [0.25, 0.3) is 11.5 Å². The minimum Gasteiger partial charge on any atom is -0.334 e. The molecule has 0 atom stereocenters. The number of halogens is 2. The summed E-state index contributed by atoms with van der Waals surface area (Å²) in [5, 5.41) is 0.0871. The molecule has 2 heterocycles. The van der Waals surface area contributed by atoms with Crippen molar-refractivity contribution in [3.8, 4) is 0 Å². The average Bonchev–Trinajstić information content (AvgIpc) is 3.58. The Morgan fingerprint density at radius 3 is 2.68 bits per heavy atom. The normalized spacial score (nSPS) is 13.5. The molecule has 3 aromatic rings. The molecule has 31 heavy (non-hydrogen) atoms. The predicted octanol–water partition coefficient (Wildman–Crippen LogP) is 3.55. The highest BCUT2D eigenvalue weighted by molar-refractivity contribution is 9.10. The highest BCUT2D eigenvalue weighted by Gasteiger charge is 2.30. The second-order valence-corrected chi connectivity index (χ2v) is 8.54. The number of nitrogens with one attached hydrogen (secondary N) is 1. The SMILES string of the molecule is CCN(Cc1cc(Br)ccc1F)C(=O)c1cc(C2CC2)nc2c1c(=O)[nH]c(=O)n2CC. The monoisotopic (exact) mass is 488 g/mol. The number of carbonyl (C=O) groups excluding carboxylic acids is 1. The van der Waals surface area contributed by atoms with Crippen LogP contribution in [0.1, 0.15) is 54.2 Å². The van der Waals surface area contributed by atoms with Crippen molar-refractivity contribution < 1.29 is 9.18 Å². The number of hydrogen-bond acceptors (Lipinski definition) is 4. The fourth-order valence-corrected chi connectivity index (χ4v) is 4.12. The van der Waals surface area contributed by atoms with Gasteiger partial charge in [0, 0.05) is 41.3 Å². The topological polar surface area (TPSA) is 88.1 Å². The maximum absolute atomic E-state index is 14.3. The summed E-state index contributed by atoms with van der Waals surface area (Å²) in [6.07, 6.45) is 1.90. The molecule has 0 spiro atoms. The van der Waals surface area contributed by atoms with Gasteiger partial charge < -0.3 is 4.90 Å². The smallest absolute Gasteiger partial charge is 0.329 e. The standard InChI is InChI=1S/C22H22BrFN4O3/c1-3-27(11-13-9-14(23)7-8-16(13)24)21(30)15-10-17(12-5-6-12)25-19-18(15)20(29)26-22(31)28(19)4-2/h7-10,12H,3-6,11H2,1-2H3,(H,26,29,31). The zero-order valence-electron chi connectivity index (χ0n) is 17.2. The number of aromatic nitrogens is 3. The van der Waals surface area contributed by atoms with Crippen LogP contribution in [0.4, 0.5) is 4.39 Å². The Morgan fingerprint density at radius 1 is 1.29 bits per heavy atom. The van der Waals surface area contributed by atoms with Crippen molar-refractivity contribution in [2.24, 2.45) is 0 Å². The van der Waals surface area contributed by atoms with Gasteiger partial charge in [0.15, 0.2) is 5.65 Å². The van der Waals surface area contributed by atoms with E-state index >= 15 is 0 Å². The summed E-state index contributed by atoms with van der Waals surface area (Å²) in [6.45, 7) is 4.25. The molecule has 0 radical (unpaired) electrons. The van der Waals surface area contributed by atoms with E-state index in [1.54, 1.807) is 32.0 Å². The first-order valence-corrected chi connectivity index (χ1v) is 11.0. The van der Waals surface area contributed by atoms with E-state index in [9.17, 15) is 18.8 Å². The van der Waals surface area contributed by atoms with E-state index in [1.807, 2.05) is 0 Å². The van der Waals surface area contributed by atoms with Crippen LogP contribution >= 0.6 is 15.9 Å². The number of pyridine rings is 1. The summed E-state index contributed by atoms with van der Waals surface area (Å²) in [5.74, 6) is -0.596. The van der Waals surface area contributed by atoms with Crippen molar-refractivity contribution in [2.45, 2.75) is 45.7 Å². The van der Waals surface area contributed by atoms with Gasteiger partial charge in [-0.15, -0.1) is 0 Å². The number of aryl methyl sites for hydroxylation is 1. The third-order valence-corrected chi connectivity index (χ3v) is 6.04. The minimum atomic E-state index is -0.646. The molecule has 1 saturated carbocycles. The molecule has 9 heteroatoms. The lowest BCUT2D eigenvalue weighted by atomic mass is 10.1. The molecule has 1 aliphatic carbocycles. The Morgan fingerprint density at radius 2 is 2.03 bits per heavy atom. The summed E-state index contributed by atoms with van der Waals surface area (Å²) in [4.78, 5) is 46.9. The fourth-order valence-electron chi connectivity index (χ4n) is 3.71. The predicted molar refractivity (Wildman–Crippen MR) is 119 cm³/mol. The van der Waals surface area contributed by atoms with E-state index in [-0.39, 0.29) is 29.1 Å². The van der Waals surface area contributed by atoms with Gasteiger partial charge in [-0.2, -0.15) is 0 Å². The van der Waals surface area contributed by atoms with Crippen LogP contribution in [0, 0.1) is 5.82 Å². The van der Waals surface area contributed by atoms with Crippen LogP contribution in [0.3, 0.4) is 0 Å². The molecule has 0 unspecified atom stereocenters. The van der Waals surface area contributed by atoms with Crippen LogP contribution in [0.25, 0.3) is 11.0 Å².